The lowest BCUT2D eigenvalue weighted by molar-refractivity contribution is -0.383. The number of rotatable bonds is 9. The predicted molar refractivity (Wildman–Crippen MR) is 132 cm³/mol. The zero-order valence-electron chi connectivity index (χ0n) is 19.0. The number of hydrogen-bond donors (Lipinski definition) is 1. The molecular weight excluding hydrogens is 430 g/mol. The van der Waals surface area contributed by atoms with E-state index >= 15 is 0 Å². The summed E-state index contributed by atoms with van der Waals surface area (Å²) in [5, 5.41) is 15.4. The summed E-state index contributed by atoms with van der Waals surface area (Å²) in [5.41, 5.74) is 3.41. The Morgan fingerprint density at radius 1 is 0.941 bits per heavy atom. The van der Waals surface area contributed by atoms with Crippen molar-refractivity contribution in [3.63, 3.8) is 0 Å². The lowest BCUT2D eigenvalue weighted by Crippen LogP contribution is -2.24. The van der Waals surface area contributed by atoms with Gasteiger partial charge in [0.25, 0.3) is 0 Å². The number of methoxy groups -OCH3 is 1. The lowest BCUT2D eigenvalue weighted by atomic mass is 10.1. The highest BCUT2D eigenvalue weighted by Crippen LogP contribution is 2.37. The van der Waals surface area contributed by atoms with Crippen LogP contribution in [0.15, 0.2) is 85.2 Å². The number of hydrogen-bond acceptors (Lipinski definition) is 7. The number of aromatic nitrogens is 2. The summed E-state index contributed by atoms with van der Waals surface area (Å²) in [5.74, 6) is 0.900. The summed E-state index contributed by atoms with van der Waals surface area (Å²) >= 11 is 0. The first kappa shape index (κ1) is 22.7. The molecule has 4 rings (SSSR count). The standard InChI is InChI=1S/C26H25N5O3/c1-19-13-14-23(34-2)22(15-19)29-25-24(31(32)33)26(28-18-27-25)30(16-20-9-5-3-6-10-20)17-21-11-7-4-8-12-21/h3-15,18H,16-17H2,1-2H3,(H,27,28,29). The predicted octanol–water partition coefficient (Wildman–Crippen LogP) is 5.65. The van der Waals surface area contributed by atoms with Gasteiger partial charge in [-0.15, -0.1) is 0 Å². The van der Waals surface area contributed by atoms with E-state index < -0.39 is 4.92 Å². The van der Waals surface area contributed by atoms with Crippen molar-refractivity contribution in [1.82, 2.24) is 9.97 Å². The molecule has 1 heterocycles. The van der Waals surface area contributed by atoms with Gasteiger partial charge in [-0.1, -0.05) is 66.7 Å². The average molecular weight is 456 g/mol. The number of nitrogens with zero attached hydrogens (tertiary/aromatic N) is 4. The first-order chi connectivity index (χ1) is 16.5. The molecule has 0 amide bonds. The molecule has 172 valence electrons. The smallest absolute Gasteiger partial charge is 0.353 e. The Bertz CT molecular complexity index is 1220. The van der Waals surface area contributed by atoms with E-state index in [2.05, 4.69) is 15.3 Å². The molecule has 4 aromatic rings. The van der Waals surface area contributed by atoms with Crippen LogP contribution in [0.25, 0.3) is 0 Å². The van der Waals surface area contributed by atoms with Crippen molar-refractivity contribution in [1.29, 1.82) is 0 Å². The second kappa shape index (κ2) is 10.4. The van der Waals surface area contributed by atoms with Crippen molar-refractivity contribution in [2.24, 2.45) is 0 Å². The highest BCUT2D eigenvalue weighted by molar-refractivity contribution is 5.76. The quantitative estimate of drug-likeness (QED) is 0.257. The molecule has 8 nitrogen and oxygen atoms in total. The van der Waals surface area contributed by atoms with Crippen LogP contribution in [-0.4, -0.2) is 22.0 Å². The third-order valence-corrected chi connectivity index (χ3v) is 5.33. The fraction of sp³-hybridized carbons (Fsp3) is 0.154. The second-order valence-electron chi connectivity index (χ2n) is 7.81. The molecule has 0 aliphatic rings. The van der Waals surface area contributed by atoms with Crippen LogP contribution in [0.2, 0.25) is 0 Å². The first-order valence-electron chi connectivity index (χ1n) is 10.8. The summed E-state index contributed by atoms with van der Waals surface area (Å²) in [7, 11) is 1.55. The molecule has 8 heteroatoms. The van der Waals surface area contributed by atoms with Gasteiger partial charge in [0.1, 0.15) is 12.1 Å². The van der Waals surface area contributed by atoms with E-state index in [0.29, 0.717) is 24.5 Å². The van der Waals surface area contributed by atoms with E-state index in [9.17, 15) is 10.1 Å². The largest absolute Gasteiger partial charge is 0.495 e. The Balaban J connectivity index is 1.78. The Kier molecular flexibility index (Phi) is 6.98. The van der Waals surface area contributed by atoms with E-state index in [1.54, 1.807) is 7.11 Å². The molecule has 0 fully saturated rings. The van der Waals surface area contributed by atoms with Crippen molar-refractivity contribution in [2.45, 2.75) is 20.0 Å². The molecule has 3 aromatic carbocycles. The van der Waals surface area contributed by atoms with Crippen LogP contribution in [0, 0.1) is 17.0 Å². The number of benzene rings is 3. The maximum Gasteiger partial charge on any atom is 0.353 e. The van der Waals surface area contributed by atoms with E-state index in [0.717, 1.165) is 16.7 Å². The van der Waals surface area contributed by atoms with Crippen LogP contribution in [-0.2, 0) is 13.1 Å². The van der Waals surface area contributed by atoms with Crippen molar-refractivity contribution < 1.29 is 9.66 Å². The van der Waals surface area contributed by atoms with E-state index in [1.807, 2.05) is 90.7 Å². The van der Waals surface area contributed by atoms with E-state index in [4.69, 9.17) is 4.74 Å². The van der Waals surface area contributed by atoms with Gasteiger partial charge in [-0.25, -0.2) is 9.97 Å². The van der Waals surface area contributed by atoms with Crippen LogP contribution in [0.3, 0.4) is 0 Å². The Labute approximate surface area is 198 Å². The molecule has 1 aromatic heterocycles. The van der Waals surface area contributed by atoms with Crippen molar-refractivity contribution in [2.75, 3.05) is 17.3 Å². The molecular formula is C26H25N5O3. The van der Waals surface area contributed by atoms with Crippen LogP contribution < -0.4 is 15.0 Å². The maximum atomic E-state index is 12.3. The van der Waals surface area contributed by atoms with Gasteiger partial charge in [0.05, 0.1) is 17.7 Å². The topological polar surface area (TPSA) is 93.4 Å². The van der Waals surface area contributed by atoms with Gasteiger partial charge in [-0.3, -0.25) is 10.1 Å². The fourth-order valence-electron chi connectivity index (χ4n) is 3.72. The molecule has 0 spiro atoms. The minimum atomic E-state index is -0.442. The van der Waals surface area contributed by atoms with Gasteiger partial charge < -0.3 is 15.0 Å². The monoisotopic (exact) mass is 455 g/mol. The highest BCUT2D eigenvalue weighted by Gasteiger charge is 2.28. The van der Waals surface area contributed by atoms with E-state index in [-0.39, 0.29) is 17.3 Å². The summed E-state index contributed by atoms with van der Waals surface area (Å²) in [6.45, 7) is 2.83. The van der Waals surface area contributed by atoms with Crippen LogP contribution >= 0.6 is 0 Å². The number of nitrogens with one attached hydrogen (secondary N) is 1. The van der Waals surface area contributed by atoms with Crippen molar-refractivity contribution in [3.8, 4) is 5.75 Å². The minimum Gasteiger partial charge on any atom is -0.495 e. The van der Waals surface area contributed by atoms with Gasteiger partial charge in [0.15, 0.2) is 0 Å². The van der Waals surface area contributed by atoms with Gasteiger partial charge in [-0.05, 0) is 35.7 Å². The molecule has 0 atom stereocenters. The summed E-state index contributed by atoms with van der Waals surface area (Å²) in [4.78, 5) is 22.3. The maximum absolute atomic E-state index is 12.3. The normalized spacial score (nSPS) is 10.5. The van der Waals surface area contributed by atoms with Gasteiger partial charge >= 0.3 is 5.69 Å². The van der Waals surface area contributed by atoms with Crippen LogP contribution in [0.5, 0.6) is 5.75 Å². The number of aryl methyl sites for hydroxylation is 1. The molecule has 0 saturated heterocycles. The zero-order chi connectivity index (χ0) is 23.9. The zero-order valence-corrected chi connectivity index (χ0v) is 19.0. The summed E-state index contributed by atoms with van der Waals surface area (Å²) in [6.07, 6.45) is 1.34. The Morgan fingerprint density at radius 3 is 2.12 bits per heavy atom. The minimum absolute atomic E-state index is 0.102. The van der Waals surface area contributed by atoms with E-state index in [1.165, 1.54) is 6.33 Å². The molecule has 0 bridgehead atoms. The summed E-state index contributed by atoms with van der Waals surface area (Å²) < 4.78 is 5.42. The fourth-order valence-corrected chi connectivity index (χ4v) is 3.72. The number of anilines is 3. The lowest BCUT2D eigenvalue weighted by Gasteiger charge is -2.24. The van der Waals surface area contributed by atoms with Crippen molar-refractivity contribution in [3.05, 3.63) is 112 Å². The third-order valence-electron chi connectivity index (χ3n) is 5.33. The molecule has 1 N–H and O–H groups in total. The Hall–Kier alpha value is -4.46. The second-order valence-corrected chi connectivity index (χ2v) is 7.81. The molecule has 0 radical (unpaired) electrons. The molecule has 0 aliphatic heterocycles. The molecule has 34 heavy (non-hydrogen) atoms. The van der Waals surface area contributed by atoms with Gasteiger partial charge in [-0.2, -0.15) is 0 Å². The molecule has 0 saturated carbocycles. The van der Waals surface area contributed by atoms with Crippen LogP contribution in [0.1, 0.15) is 16.7 Å². The molecule has 0 unspecified atom stereocenters. The third kappa shape index (κ3) is 5.29. The van der Waals surface area contributed by atoms with Crippen LogP contribution in [0.4, 0.5) is 23.0 Å². The van der Waals surface area contributed by atoms with Crippen molar-refractivity contribution >= 4 is 23.0 Å². The number of ether oxygens (including phenoxy) is 1. The number of nitro groups is 1. The first-order valence-corrected chi connectivity index (χ1v) is 10.8. The Morgan fingerprint density at radius 2 is 1.56 bits per heavy atom. The van der Waals surface area contributed by atoms with Gasteiger partial charge in [0.2, 0.25) is 11.6 Å². The average Bonchev–Trinajstić information content (AvgIpc) is 2.85. The summed E-state index contributed by atoms with van der Waals surface area (Å²) in [6, 6.07) is 25.2. The molecule has 0 aliphatic carbocycles. The van der Waals surface area contributed by atoms with Gasteiger partial charge in [0, 0.05) is 13.1 Å². The SMILES string of the molecule is COc1ccc(C)cc1Nc1ncnc(N(Cc2ccccc2)Cc2ccccc2)c1[N+](=O)[O-]. The highest BCUT2D eigenvalue weighted by atomic mass is 16.6.